The smallest absolute Gasteiger partial charge is 0.278 e. The molecule has 0 spiro atoms. The predicted octanol–water partition coefficient (Wildman–Crippen LogP) is 2.82. The van der Waals surface area contributed by atoms with Gasteiger partial charge in [-0.1, -0.05) is 23.4 Å². The largest absolute Gasteiger partial charge is 0.383 e. The highest BCUT2D eigenvalue weighted by Gasteiger charge is 2.33. The van der Waals surface area contributed by atoms with E-state index in [1.54, 1.807) is 14.0 Å². The van der Waals surface area contributed by atoms with Crippen LogP contribution in [-0.4, -0.2) is 59.9 Å². The number of carbonyl (C=O) groups is 2. The van der Waals surface area contributed by atoms with Gasteiger partial charge in [0, 0.05) is 30.9 Å². The fourth-order valence-corrected chi connectivity index (χ4v) is 5.09. The Labute approximate surface area is 178 Å². The van der Waals surface area contributed by atoms with Gasteiger partial charge in [0.15, 0.2) is 5.69 Å². The monoisotopic (exact) mass is 428 g/mol. The number of carbonyl (C=O) groups excluding carboxylic acids is 2. The quantitative estimate of drug-likeness (QED) is 0.581. The molecule has 9 heteroatoms. The molecule has 2 aromatic heterocycles. The molecule has 1 atom stereocenters. The molecule has 4 rings (SSSR count). The number of hydrogen-bond donors (Lipinski definition) is 1. The first-order valence-electron chi connectivity index (χ1n) is 9.97. The lowest BCUT2D eigenvalue weighted by molar-refractivity contribution is 0.0725. The predicted molar refractivity (Wildman–Crippen MR) is 113 cm³/mol. The van der Waals surface area contributed by atoms with Crippen LogP contribution in [0.2, 0.25) is 0 Å². The Bertz CT molecular complexity index is 1060. The average Bonchev–Trinajstić information content (AvgIpc) is 3.47. The van der Waals surface area contributed by atoms with Gasteiger partial charge < -0.3 is 15.0 Å². The van der Waals surface area contributed by atoms with Crippen LogP contribution in [0.15, 0.2) is 28.9 Å². The molecule has 0 unspecified atom stereocenters. The van der Waals surface area contributed by atoms with Gasteiger partial charge in [-0.15, -0.1) is 11.3 Å². The molecule has 1 aliphatic rings. The van der Waals surface area contributed by atoms with Crippen LogP contribution < -0.4 is 5.32 Å². The van der Waals surface area contributed by atoms with Crippen molar-refractivity contribution in [3.05, 3.63) is 46.1 Å². The summed E-state index contributed by atoms with van der Waals surface area (Å²) in [5.74, 6) is -0.266. The second-order valence-corrected chi connectivity index (χ2v) is 8.40. The summed E-state index contributed by atoms with van der Waals surface area (Å²) in [7, 11) is 1.61. The van der Waals surface area contributed by atoms with Crippen LogP contribution in [0.25, 0.3) is 10.1 Å². The minimum Gasteiger partial charge on any atom is -0.383 e. The fourth-order valence-electron chi connectivity index (χ4n) is 3.94. The zero-order valence-electron chi connectivity index (χ0n) is 17.0. The van der Waals surface area contributed by atoms with Crippen molar-refractivity contribution in [2.24, 2.45) is 0 Å². The first-order chi connectivity index (χ1) is 14.6. The topological polar surface area (TPSA) is 97.6 Å². The van der Waals surface area contributed by atoms with Crippen LogP contribution in [0.5, 0.6) is 0 Å². The SMILES string of the molecule is COCCNC(=O)c1sc2ccccc2c1C[C@H]1CCCN1C(=O)c1nonc1C. The lowest BCUT2D eigenvalue weighted by atomic mass is 10.00. The van der Waals surface area contributed by atoms with Crippen LogP contribution in [0.1, 0.15) is 44.3 Å². The molecule has 0 saturated carbocycles. The van der Waals surface area contributed by atoms with E-state index in [0.717, 1.165) is 28.5 Å². The van der Waals surface area contributed by atoms with Crippen molar-refractivity contribution in [1.29, 1.82) is 0 Å². The number of methoxy groups -OCH3 is 1. The third-order valence-electron chi connectivity index (χ3n) is 5.43. The molecule has 0 bridgehead atoms. The number of rotatable bonds is 7. The molecule has 158 valence electrons. The third kappa shape index (κ3) is 3.95. The minimum absolute atomic E-state index is 0.00266. The summed E-state index contributed by atoms with van der Waals surface area (Å²) in [5, 5.41) is 11.5. The minimum atomic E-state index is -0.165. The first-order valence-corrected chi connectivity index (χ1v) is 10.8. The molecule has 30 heavy (non-hydrogen) atoms. The van der Waals surface area contributed by atoms with E-state index in [0.29, 0.717) is 36.7 Å². The van der Waals surface area contributed by atoms with E-state index in [9.17, 15) is 9.59 Å². The Morgan fingerprint density at radius 3 is 2.93 bits per heavy atom. The van der Waals surface area contributed by atoms with Gasteiger partial charge in [0.1, 0.15) is 5.69 Å². The summed E-state index contributed by atoms with van der Waals surface area (Å²) < 4.78 is 10.8. The van der Waals surface area contributed by atoms with Crippen LogP contribution >= 0.6 is 11.3 Å². The molecular formula is C21H24N4O4S. The lowest BCUT2D eigenvalue weighted by Crippen LogP contribution is -2.37. The highest BCUT2D eigenvalue weighted by molar-refractivity contribution is 7.21. The van der Waals surface area contributed by atoms with Crippen molar-refractivity contribution in [3.63, 3.8) is 0 Å². The van der Waals surface area contributed by atoms with Gasteiger partial charge in [-0.3, -0.25) is 9.59 Å². The number of aromatic nitrogens is 2. The van der Waals surface area contributed by atoms with Crippen LogP contribution in [0, 0.1) is 6.92 Å². The molecule has 1 saturated heterocycles. The van der Waals surface area contributed by atoms with E-state index >= 15 is 0 Å². The number of thiophene rings is 1. The van der Waals surface area contributed by atoms with Gasteiger partial charge in [0.05, 0.1) is 11.5 Å². The summed E-state index contributed by atoms with van der Waals surface area (Å²) in [5.41, 5.74) is 1.74. The first kappa shape index (κ1) is 20.5. The molecule has 8 nitrogen and oxygen atoms in total. The van der Waals surface area contributed by atoms with Crippen molar-refractivity contribution in [2.45, 2.75) is 32.2 Å². The number of amides is 2. The summed E-state index contributed by atoms with van der Waals surface area (Å²) in [6.45, 7) is 3.29. The molecule has 0 radical (unpaired) electrons. The van der Waals surface area contributed by atoms with Gasteiger partial charge in [-0.25, -0.2) is 4.63 Å². The van der Waals surface area contributed by atoms with Crippen LogP contribution in [0.4, 0.5) is 0 Å². The maximum Gasteiger partial charge on any atom is 0.278 e. The Balaban J connectivity index is 1.62. The molecule has 1 N–H and O–H groups in total. The number of benzene rings is 1. The normalized spacial score (nSPS) is 16.3. The molecule has 2 amide bonds. The van der Waals surface area contributed by atoms with Gasteiger partial charge in [-0.05, 0) is 48.4 Å². The Hall–Kier alpha value is -2.78. The number of nitrogens with zero attached hydrogens (tertiary/aromatic N) is 3. The molecule has 3 aromatic rings. The number of nitrogens with one attached hydrogen (secondary N) is 1. The second-order valence-electron chi connectivity index (χ2n) is 7.35. The van der Waals surface area contributed by atoms with E-state index in [1.165, 1.54) is 11.3 Å². The van der Waals surface area contributed by atoms with E-state index in [2.05, 4.69) is 15.6 Å². The molecule has 1 fully saturated rings. The van der Waals surface area contributed by atoms with Crippen molar-refractivity contribution >= 4 is 33.2 Å². The summed E-state index contributed by atoms with van der Waals surface area (Å²) in [6.07, 6.45) is 2.41. The summed E-state index contributed by atoms with van der Waals surface area (Å²) in [6, 6.07) is 8.02. The van der Waals surface area contributed by atoms with Crippen molar-refractivity contribution < 1.29 is 19.0 Å². The van der Waals surface area contributed by atoms with Crippen LogP contribution in [0.3, 0.4) is 0 Å². The zero-order valence-corrected chi connectivity index (χ0v) is 17.8. The molecule has 1 aromatic carbocycles. The van der Waals surface area contributed by atoms with Crippen molar-refractivity contribution in [3.8, 4) is 0 Å². The molecule has 3 heterocycles. The summed E-state index contributed by atoms with van der Waals surface area (Å²) >= 11 is 1.49. The fraction of sp³-hybridized carbons (Fsp3) is 0.429. The van der Waals surface area contributed by atoms with E-state index < -0.39 is 0 Å². The van der Waals surface area contributed by atoms with E-state index in [4.69, 9.17) is 9.37 Å². The number of hydrogen-bond acceptors (Lipinski definition) is 7. The maximum atomic E-state index is 13.0. The number of likely N-dealkylation sites (tertiary alicyclic amines) is 1. The van der Waals surface area contributed by atoms with Gasteiger partial charge >= 0.3 is 0 Å². The van der Waals surface area contributed by atoms with E-state index in [1.807, 2.05) is 29.2 Å². The van der Waals surface area contributed by atoms with Gasteiger partial charge in [-0.2, -0.15) is 0 Å². The zero-order chi connectivity index (χ0) is 21.1. The number of fused-ring (bicyclic) bond motifs is 1. The van der Waals surface area contributed by atoms with Gasteiger partial charge in [0.2, 0.25) is 0 Å². The summed E-state index contributed by atoms with van der Waals surface area (Å²) in [4.78, 5) is 28.4. The lowest BCUT2D eigenvalue weighted by Gasteiger charge is -2.24. The van der Waals surface area contributed by atoms with Crippen molar-refractivity contribution in [2.75, 3.05) is 26.8 Å². The molecule has 1 aliphatic heterocycles. The van der Waals surface area contributed by atoms with E-state index in [-0.39, 0.29) is 23.6 Å². The molecular weight excluding hydrogens is 404 g/mol. The third-order valence-corrected chi connectivity index (χ3v) is 6.64. The van der Waals surface area contributed by atoms with Crippen molar-refractivity contribution in [1.82, 2.24) is 20.5 Å². The van der Waals surface area contributed by atoms with Crippen LogP contribution in [-0.2, 0) is 11.2 Å². The highest BCUT2D eigenvalue weighted by Crippen LogP contribution is 2.34. The second kappa shape index (κ2) is 8.93. The Morgan fingerprint density at radius 2 is 2.17 bits per heavy atom. The number of aryl methyl sites for hydroxylation is 1. The highest BCUT2D eigenvalue weighted by atomic mass is 32.1. The number of ether oxygens (including phenoxy) is 1. The Kier molecular flexibility index (Phi) is 6.10. The maximum absolute atomic E-state index is 13.0. The standard InChI is InChI=1S/C21H24N4O4S/c1-13-18(24-29-23-13)21(27)25-10-5-6-14(25)12-16-15-7-3-4-8-17(15)30-19(16)20(26)22-9-11-28-2/h3-4,7-8,14H,5-6,9-12H2,1-2H3,(H,22,26)/t14-/m1/s1. The molecule has 0 aliphatic carbocycles. The van der Waals surface area contributed by atoms with Gasteiger partial charge in [0.25, 0.3) is 11.8 Å². The average molecular weight is 429 g/mol. The Morgan fingerprint density at radius 1 is 1.33 bits per heavy atom.